The molecule has 1 saturated carbocycles. The van der Waals surface area contributed by atoms with Crippen LogP contribution in [-0.2, 0) is 9.84 Å². The summed E-state index contributed by atoms with van der Waals surface area (Å²) in [7, 11) is 0.763. The first-order chi connectivity index (χ1) is 11.4. The van der Waals surface area contributed by atoms with Gasteiger partial charge in [0.15, 0.2) is 9.84 Å². The third-order valence-electron chi connectivity index (χ3n) is 5.23. The molecule has 0 spiro atoms. The van der Waals surface area contributed by atoms with Crippen molar-refractivity contribution in [1.82, 2.24) is 4.90 Å². The summed E-state index contributed by atoms with van der Waals surface area (Å²) in [5, 5.41) is -0.563. The van der Waals surface area contributed by atoms with Crippen molar-refractivity contribution >= 4 is 21.4 Å². The lowest BCUT2D eigenvalue weighted by Gasteiger charge is -2.41. The first-order valence-electron chi connectivity index (χ1n) is 8.69. The fourth-order valence-corrected chi connectivity index (χ4v) is 5.89. The van der Waals surface area contributed by atoms with Crippen molar-refractivity contribution in [2.45, 2.75) is 42.6 Å². The van der Waals surface area contributed by atoms with Crippen molar-refractivity contribution in [1.29, 1.82) is 0 Å². The number of sulfone groups is 1. The van der Waals surface area contributed by atoms with Crippen molar-refractivity contribution in [2.24, 2.45) is 0 Å². The van der Waals surface area contributed by atoms with Crippen LogP contribution in [0.3, 0.4) is 0 Å². The summed E-state index contributed by atoms with van der Waals surface area (Å²) >= 11 is 0. The highest BCUT2D eigenvalue weighted by Gasteiger charge is 2.43. The predicted octanol–water partition coefficient (Wildman–Crippen LogP) is 2.32. The molecule has 1 aromatic rings. The van der Waals surface area contributed by atoms with E-state index in [9.17, 15) is 13.2 Å². The number of rotatable bonds is 4. The second kappa shape index (κ2) is 6.75. The molecule has 0 N–H and O–H groups in total. The molecule has 0 atom stereocenters. The highest BCUT2D eigenvalue weighted by atomic mass is 32.2. The van der Waals surface area contributed by atoms with Crippen molar-refractivity contribution in [3.8, 4) is 0 Å². The molecule has 2 aliphatic rings. The summed E-state index contributed by atoms with van der Waals surface area (Å²) in [5.41, 5.74) is 1.59. The van der Waals surface area contributed by atoms with Crippen LogP contribution in [0.4, 0.5) is 5.69 Å². The Morgan fingerprint density at radius 2 is 1.75 bits per heavy atom. The Bertz CT molecular complexity index is 703. The van der Waals surface area contributed by atoms with E-state index in [0.717, 1.165) is 37.8 Å². The zero-order chi connectivity index (χ0) is 17.3. The third kappa shape index (κ3) is 3.29. The average molecular weight is 350 g/mol. The first kappa shape index (κ1) is 17.3. The minimum Gasteiger partial charge on any atom is -0.378 e. The molecule has 0 bridgehead atoms. The highest BCUT2D eigenvalue weighted by molar-refractivity contribution is 7.92. The lowest BCUT2D eigenvalue weighted by molar-refractivity contribution is 0.0658. The molecule has 2 fully saturated rings. The summed E-state index contributed by atoms with van der Waals surface area (Å²) < 4.78 is 25.3. The van der Waals surface area contributed by atoms with Crippen LogP contribution in [-0.4, -0.2) is 56.9 Å². The Balaban J connectivity index is 1.63. The Kier molecular flexibility index (Phi) is 4.85. The Morgan fingerprint density at radius 1 is 1.08 bits per heavy atom. The minimum absolute atomic E-state index is 0.0752. The fraction of sp³-hybridized carbons (Fsp3) is 0.611. The first-order valence-corrected chi connectivity index (χ1v) is 10.3. The lowest BCUT2D eigenvalue weighted by atomic mass is 10.0. The number of anilines is 1. The Hall–Kier alpha value is -1.56. The van der Waals surface area contributed by atoms with E-state index in [1.54, 1.807) is 11.0 Å². The van der Waals surface area contributed by atoms with E-state index >= 15 is 0 Å². The van der Waals surface area contributed by atoms with Crippen molar-refractivity contribution < 1.29 is 13.2 Å². The Labute approximate surface area is 144 Å². The van der Waals surface area contributed by atoms with E-state index in [1.165, 1.54) is 0 Å². The molecule has 24 heavy (non-hydrogen) atoms. The third-order valence-corrected chi connectivity index (χ3v) is 7.85. The van der Waals surface area contributed by atoms with Crippen LogP contribution < -0.4 is 4.90 Å². The molecule has 1 aliphatic carbocycles. The number of hydrogen-bond acceptors (Lipinski definition) is 4. The van der Waals surface area contributed by atoms with Gasteiger partial charge in [0.2, 0.25) is 0 Å². The molecule has 1 aliphatic heterocycles. The van der Waals surface area contributed by atoms with Gasteiger partial charge in [-0.3, -0.25) is 4.79 Å². The molecule has 0 aromatic heterocycles. The lowest BCUT2D eigenvalue weighted by Crippen LogP contribution is -2.58. The van der Waals surface area contributed by atoms with Gasteiger partial charge in [-0.15, -0.1) is 0 Å². The maximum atomic E-state index is 12.7. The van der Waals surface area contributed by atoms with Crippen molar-refractivity contribution in [3.05, 3.63) is 29.8 Å². The quantitative estimate of drug-likeness (QED) is 0.836. The maximum Gasteiger partial charge on any atom is 0.254 e. The topological polar surface area (TPSA) is 57.7 Å². The summed E-state index contributed by atoms with van der Waals surface area (Å²) in [6, 6.07) is 7.45. The van der Waals surface area contributed by atoms with E-state index < -0.39 is 9.84 Å². The van der Waals surface area contributed by atoms with Gasteiger partial charge in [-0.05, 0) is 31.0 Å². The Morgan fingerprint density at radius 3 is 2.38 bits per heavy atom. The van der Waals surface area contributed by atoms with Crippen molar-refractivity contribution in [2.75, 3.05) is 32.1 Å². The number of carbonyl (C=O) groups is 1. The van der Waals surface area contributed by atoms with Crippen LogP contribution in [0.5, 0.6) is 0 Å². The molecule has 3 rings (SSSR count). The smallest absolute Gasteiger partial charge is 0.254 e. The number of nitrogens with zero attached hydrogens (tertiary/aromatic N) is 2. The molecule has 1 saturated heterocycles. The monoisotopic (exact) mass is 350 g/mol. The summed E-state index contributed by atoms with van der Waals surface area (Å²) in [6.07, 6.45) is 4.74. The van der Waals surface area contributed by atoms with Gasteiger partial charge in [0.1, 0.15) is 0 Å². The minimum atomic E-state index is -3.10. The second-order valence-electron chi connectivity index (χ2n) is 7.13. The summed E-state index contributed by atoms with van der Waals surface area (Å²) in [5.74, 6) is -0.0752. The number of carbonyl (C=O) groups excluding carboxylic acids is 1. The molecule has 1 amide bonds. The van der Waals surface area contributed by atoms with Gasteiger partial charge >= 0.3 is 0 Å². The van der Waals surface area contributed by atoms with E-state index in [-0.39, 0.29) is 16.4 Å². The van der Waals surface area contributed by atoms with Gasteiger partial charge in [0, 0.05) is 38.4 Å². The van der Waals surface area contributed by atoms with Crippen LogP contribution in [0.1, 0.15) is 42.5 Å². The fourth-order valence-electron chi connectivity index (χ4n) is 3.58. The zero-order valence-electron chi connectivity index (χ0n) is 14.4. The summed E-state index contributed by atoms with van der Waals surface area (Å²) in [4.78, 5) is 16.2. The molecule has 1 aromatic carbocycles. The highest BCUT2D eigenvalue weighted by Crippen LogP contribution is 2.30. The second-order valence-corrected chi connectivity index (χ2v) is 9.64. The van der Waals surface area contributed by atoms with Crippen LogP contribution in [0.2, 0.25) is 0 Å². The van der Waals surface area contributed by atoms with E-state index in [0.29, 0.717) is 18.7 Å². The maximum absolute atomic E-state index is 12.7. The standard InChI is InChI=1S/C18H26N2O3S/c1-19(2)15-8-6-7-14(11-15)18(21)20-12-17(13-20)24(22,23)16-9-4-3-5-10-16/h6-8,11,16-17H,3-5,9-10,12-13H2,1-2H3. The van der Waals surface area contributed by atoms with Crippen LogP contribution in [0, 0.1) is 0 Å². The molecule has 0 radical (unpaired) electrons. The summed E-state index contributed by atoms with van der Waals surface area (Å²) in [6.45, 7) is 0.674. The molecule has 1 heterocycles. The zero-order valence-corrected chi connectivity index (χ0v) is 15.3. The molecule has 0 unspecified atom stereocenters. The van der Waals surface area contributed by atoms with E-state index in [4.69, 9.17) is 0 Å². The largest absolute Gasteiger partial charge is 0.378 e. The van der Waals surface area contributed by atoms with Gasteiger partial charge in [0.25, 0.3) is 5.91 Å². The number of likely N-dealkylation sites (tertiary alicyclic amines) is 1. The van der Waals surface area contributed by atoms with Crippen molar-refractivity contribution in [3.63, 3.8) is 0 Å². The SMILES string of the molecule is CN(C)c1cccc(C(=O)N2CC(S(=O)(=O)C3CCCCC3)C2)c1. The molecule has 5 nitrogen and oxygen atoms in total. The van der Waals surface area contributed by atoms with Crippen LogP contribution in [0.25, 0.3) is 0 Å². The van der Waals surface area contributed by atoms with E-state index in [1.807, 2.05) is 37.2 Å². The molecule has 132 valence electrons. The average Bonchev–Trinajstić information content (AvgIpc) is 2.54. The van der Waals surface area contributed by atoms with Gasteiger partial charge in [-0.1, -0.05) is 25.3 Å². The molecular weight excluding hydrogens is 324 g/mol. The normalized spacial score (nSPS) is 19.8. The predicted molar refractivity (Wildman–Crippen MR) is 96.3 cm³/mol. The molecule has 6 heteroatoms. The number of hydrogen-bond donors (Lipinski definition) is 0. The van der Waals surface area contributed by atoms with Gasteiger partial charge in [-0.25, -0.2) is 8.42 Å². The van der Waals surface area contributed by atoms with Crippen LogP contribution >= 0.6 is 0 Å². The van der Waals surface area contributed by atoms with Crippen LogP contribution in [0.15, 0.2) is 24.3 Å². The van der Waals surface area contributed by atoms with E-state index in [2.05, 4.69) is 0 Å². The molecular formula is C18H26N2O3S. The van der Waals surface area contributed by atoms with Gasteiger partial charge < -0.3 is 9.80 Å². The van der Waals surface area contributed by atoms with Gasteiger partial charge in [0.05, 0.1) is 10.5 Å². The number of benzene rings is 1. The number of amides is 1. The van der Waals surface area contributed by atoms with Gasteiger partial charge in [-0.2, -0.15) is 0 Å².